The van der Waals surface area contributed by atoms with Gasteiger partial charge in [-0.25, -0.2) is 4.79 Å². The predicted molar refractivity (Wildman–Crippen MR) is 78.6 cm³/mol. The van der Waals surface area contributed by atoms with Gasteiger partial charge in [-0.05, 0) is 24.5 Å². The molecule has 0 bridgehead atoms. The quantitative estimate of drug-likeness (QED) is 0.869. The number of carboxylic acid groups (broad SMARTS) is 1. The molecule has 0 saturated carbocycles. The lowest BCUT2D eigenvalue weighted by molar-refractivity contribution is -0.155. The molecule has 0 aliphatic carbocycles. The summed E-state index contributed by atoms with van der Waals surface area (Å²) < 4.78 is 0. The van der Waals surface area contributed by atoms with Crippen molar-refractivity contribution in [2.24, 2.45) is 0 Å². The van der Waals surface area contributed by atoms with Crippen LogP contribution in [-0.2, 0) is 22.4 Å². The highest BCUT2D eigenvalue weighted by Crippen LogP contribution is 2.21. The van der Waals surface area contributed by atoms with E-state index in [2.05, 4.69) is 6.92 Å². The molecule has 1 unspecified atom stereocenters. The lowest BCUT2D eigenvalue weighted by atomic mass is 9.90. The van der Waals surface area contributed by atoms with Crippen LogP contribution in [-0.4, -0.2) is 34.5 Å². The average molecular weight is 277 g/mol. The van der Waals surface area contributed by atoms with Crippen molar-refractivity contribution in [1.82, 2.24) is 4.90 Å². The maximum absolute atomic E-state index is 11.5. The molecule has 0 radical (unpaired) electrons. The topological polar surface area (TPSA) is 57.6 Å². The van der Waals surface area contributed by atoms with Crippen LogP contribution in [0.25, 0.3) is 0 Å². The Morgan fingerprint density at radius 3 is 2.10 bits per heavy atom. The van der Waals surface area contributed by atoms with Crippen LogP contribution in [0.1, 0.15) is 38.3 Å². The Balaban J connectivity index is 2.96. The zero-order chi connectivity index (χ0) is 15.3. The molecule has 0 aliphatic rings. The van der Waals surface area contributed by atoms with E-state index in [9.17, 15) is 14.7 Å². The molecule has 0 heterocycles. The van der Waals surface area contributed by atoms with E-state index in [1.165, 1.54) is 24.4 Å². The zero-order valence-electron chi connectivity index (χ0n) is 12.6. The van der Waals surface area contributed by atoms with Crippen molar-refractivity contribution in [2.45, 2.75) is 45.6 Å². The number of rotatable bonds is 6. The van der Waals surface area contributed by atoms with E-state index in [1.54, 1.807) is 6.92 Å². The van der Waals surface area contributed by atoms with Gasteiger partial charge < -0.3 is 10.0 Å². The van der Waals surface area contributed by atoms with Crippen LogP contribution >= 0.6 is 0 Å². The Labute approximate surface area is 120 Å². The molecule has 4 nitrogen and oxygen atoms in total. The molecule has 20 heavy (non-hydrogen) atoms. The van der Waals surface area contributed by atoms with Crippen LogP contribution < -0.4 is 0 Å². The van der Waals surface area contributed by atoms with Gasteiger partial charge in [-0.3, -0.25) is 4.79 Å². The number of likely N-dealkylation sites (N-methyl/N-ethyl adjacent to an activating group) is 1. The fraction of sp³-hybridized carbons (Fsp3) is 0.500. The predicted octanol–water partition coefficient (Wildman–Crippen LogP) is 2.50. The van der Waals surface area contributed by atoms with Crippen LogP contribution in [0.3, 0.4) is 0 Å². The first-order valence-electron chi connectivity index (χ1n) is 6.87. The van der Waals surface area contributed by atoms with Crippen molar-refractivity contribution in [2.75, 3.05) is 7.05 Å². The molecule has 4 heteroatoms. The van der Waals surface area contributed by atoms with Gasteiger partial charge in [-0.2, -0.15) is 0 Å². The van der Waals surface area contributed by atoms with Crippen LogP contribution in [0.15, 0.2) is 24.3 Å². The third kappa shape index (κ3) is 3.59. The van der Waals surface area contributed by atoms with E-state index >= 15 is 0 Å². The fourth-order valence-electron chi connectivity index (χ4n) is 2.20. The summed E-state index contributed by atoms with van der Waals surface area (Å²) in [5.74, 6) is -1.25. The SMILES string of the molecule is CCCc1ccc(CC(C)(C(=O)O)N(C)C(C)=O)cc1. The molecule has 0 saturated heterocycles. The third-order valence-electron chi connectivity index (χ3n) is 3.78. The summed E-state index contributed by atoms with van der Waals surface area (Å²) >= 11 is 0. The summed E-state index contributed by atoms with van der Waals surface area (Å²) in [5, 5.41) is 9.46. The van der Waals surface area contributed by atoms with Gasteiger partial charge in [0.05, 0.1) is 0 Å². The van der Waals surface area contributed by atoms with E-state index in [0.29, 0.717) is 6.42 Å². The van der Waals surface area contributed by atoms with Crippen molar-refractivity contribution in [3.63, 3.8) is 0 Å². The fourth-order valence-corrected chi connectivity index (χ4v) is 2.20. The molecule has 1 aromatic rings. The minimum absolute atomic E-state index is 0.252. The van der Waals surface area contributed by atoms with Crippen molar-refractivity contribution >= 4 is 11.9 Å². The van der Waals surface area contributed by atoms with Crippen molar-refractivity contribution < 1.29 is 14.7 Å². The molecule has 1 N–H and O–H groups in total. The Bertz CT molecular complexity index is 481. The van der Waals surface area contributed by atoms with Gasteiger partial charge in [0.15, 0.2) is 0 Å². The highest BCUT2D eigenvalue weighted by atomic mass is 16.4. The summed E-state index contributed by atoms with van der Waals surface area (Å²) in [6.45, 7) is 5.08. The number of carbonyl (C=O) groups is 2. The number of hydrogen-bond acceptors (Lipinski definition) is 2. The van der Waals surface area contributed by atoms with Gasteiger partial charge in [0.25, 0.3) is 0 Å². The van der Waals surface area contributed by atoms with E-state index in [4.69, 9.17) is 0 Å². The molecule has 0 aliphatic heterocycles. The third-order valence-corrected chi connectivity index (χ3v) is 3.78. The summed E-state index contributed by atoms with van der Waals surface area (Å²) in [4.78, 5) is 24.3. The van der Waals surface area contributed by atoms with E-state index in [-0.39, 0.29) is 5.91 Å². The van der Waals surface area contributed by atoms with Gasteiger partial charge in [0.1, 0.15) is 5.54 Å². The number of carbonyl (C=O) groups excluding carboxylic acids is 1. The van der Waals surface area contributed by atoms with Crippen LogP contribution in [0, 0.1) is 0 Å². The van der Waals surface area contributed by atoms with Gasteiger partial charge in [-0.15, -0.1) is 0 Å². The highest BCUT2D eigenvalue weighted by Gasteiger charge is 2.39. The first-order chi connectivity index (χ1) is 9.31. The smallest absolute Gasteiger partial charge is 0.329 e. The van der Waals surface area contributed by atoms with Gasteiger partial charge >= 0.3 is 5.97 Å². The van der Waals surface area contributed by atoms with Gasteiger partial charge in [-0.1, -0.05) is 37.6 Å². The first kappa shape index (κ1) is 16.2. The van der Waals surface area contributed by atoms with Crippen LogP contribution in [0.2, 0.25) is 0 Å². The number of hydrogen-bond donors (Lipinski definition) is 1. The van der Waals surface area contributed by atoms with Crippen molar-refractivity contribution in [3.8, 4) is 0 Å². The maximum atomic E-state index is 11.5. The second-order valence-electron chi connectivity index (χ2n) is 5.40. The summed E-state index contributed by atoms with van der Waals surface area (Å²) in [7, 11) is 1.53. The maximum Gasteiger partial charge on any atom is 0.329 e. The van der Waals surface area contributed by atoms with Crippen molar-refractivity contribution in [1.29, 1.82) is 0 Å². The Morgan fingerprint density at radius 1 is 1.20 bits per heavy atom. The normalized spacial score (nSPS) is 13.6. The molecule has 1 rings (SSSR count). The molecule has 0 fully saturated rings. The zero-order valence-corrected chi connectivity index (χ0v) is 12.6. The molecule has 1 amide bonds. The number of aliphatic carboxylic acids is 1. The highest BCUT2D eigenvalue weighted by molar-refractivity contribution is 5.85. The minimum atomic E-state index is -1.22. The second-order valence-corrected chi connectivity index (χ2v) is 5.40. The Morgan fingerprint density at radius 2 is 1.70 bits per heavy atom. The second kappa shape index (κ2) is 6.55. The standard InChI is InChI=1S/C16H23NO3/c1-5-6-13-7-9-14(10-8-13)11-16(3,15(19)20)17(4)12(2)18/h7-10H,5-6,11H2,1-4H3,(H,19,20). The van der Waals surface area contributed by atoms with E-state index < -0.39 is 11.5 Å². The molecule has 0 spiro atoms. The van der Waals surface area contributed by atoms with E-state index in [0.717, 1.165) is 18.4 Å². The number of amides is 1. The molecule has 1 atom stereocenters. The lowest BCUT2D eigenvalue weighted by Gasteiger charge is -2.34. The van der Waals surface area contributed by atoms with Crippen molar-refractivity contribution in [3.05, 3.63) is 35.4 Å². The Hall–Kier alpha value is -1.84. The molecule has 1 aromatic carbocycles. The number of aryl methyl sites for hydroxylation is 1. The van der Waals surface area contributed by atoms with E-state index in [1.807, 2.05) is 24.3 Å². The molecular formula is C16H23NO3. The van der Waals surface area contributed by atoms with Gasteiger partial charge in [0, 0.05) is 20.4 Å². The lowest BCUT2D eigenvalue weighted by Crippen LogP contribution is -2.54. The molecule has 0 aromatic heterocycles. The first-order valence-corrected chi connectivity index (χ1v) is 6.87. The van der Waals surface area contributed by atoms with Crippen LogP contribution in [0.5, 0.6) is 0 Å². The largest absolute Gasteiger partial charge is 0.479 e. The number of benzene rings is 1. The Kier molecular flexibility index (Phi) is 5.31. The van der Waals surface area contributed by atoms with Crippen LogP contribution in [0.4, 0.5) is 0 Å². The summed E-state index contributed by atoms with van der Waals surface area (Å²) in [6.07, 6.45) is 2.40. The molecule has 110 valence electrons. The minimum Gasteiger partial charge on any atom is -0.479 e. The average Bonchev–Trinajstić information content (AvgIpc) is 2.40. The van der Waals surface area contributed by atoms with Gasteiger partial charge in [0.2, 0.25) is 5.91 Å². The number of nitrogens with zero attached hydrogens (tertiary/aromatic N) is 1. The molecular weight excluding hydrogens is 254 g/mol. The summed E-state index contributed by atoms with van der Waals surface area (Å²) in [6, 6.07) is 7.93. The number of carboxylic acids is 1. The summed E-state index contributed by atoms with van der Waals surface area (Å²) in [5.41, 5.74) is 0.939. The monoisotopic (exact) mass is 277 g/mol.